The van der Waals surface area contributed by atoms with E-state index in [-0.39, 0.29) is 6.04 Å². The van der Waals surface area contributed by atoms with Gasteiger partial charge in [-0.05, 0) is 44.0 Å². The van der Waals surface area contributed by atoms with Gasteiger partial charge in [0.25, 0.3) is 0 Å². The Kier molecular flexibility index (Phi) is 7.54. The second-order valence-electron chi connectivity index (χ2n) is 6.89. The Morgan fingerprint density at radius 1 is 1.24 bits per heavy atom. The highest BCUT2D eigenvalue weighted by atomic mass is 35.5. The molecule has 8 heteroatoms. The summed E-state index contributed by atoms with van der Waals surface area (Å²) in [4.78, 5) is 13.1. The van der Waals surface area contributed by atoms with E-state index in [0.717, 1.165) is 16.1 Å². The van der Waals surface area contributed by atoms with Crippen LogP contribution >= 0.6 is 11.6 Å². The van der Waals surface area contributed by atoms with Crippen LogP contribution in [0.25, 0.3) is 0 Å². The Bertz CT molecular complexity index is 978. The monoisotopic (exact) mass is 438 g/mol. The molecule has 1 amide bonds. The van der Waals surface area contributed by atoms with Crippen LogP contribution in [0, 0.1) is 6.92 Å². The summed E-state index contributed by atoms with van der Waals surface area (Å²) in [6.45, 7) is 5.39. The van der Waals surface area contributed by atoms with Crippen molar-refractivity contribution < 1.29 is 17.9 Å². The summed E-state index contributed by atoms with van der Waals surface area (Å²) in [6.07, 6.45) is 1.39. The fourth-order valence-electron chi connectivity index (χ4n) is 3.27. The van der Waals surface area contributed by atoms with E-state index in [4.69, 9.17) is 16.3 Å². The van der Waals surface area contributed by atoms with Crippen LogP contribution < -0.4 is 14.4 Å². The number of carbonyl (C=O) groups excluding carboxylic acids is 1. The lowest BCUT2D eigenvalue weighted by molar-refractivity contribution is -0.122. The van der Waals surface area contributed by atoms with E-state index in [1.54, 1.807) is 39.2 Å². The molecule has 0 saturated heterocycles. The van der Waals surface area contributed by atoms with Crippen LogP contribution in [-0.4, -0.2) is 33.7 Å². The van der Waals surface area contributed by atoms with E-state index in [1.165, 1.54) is 0 Å². The summed E-state index contributed by atoms with van der Waals surface area (Å²) in [5.74, 6) is 0.259. The molecule has 29 heavy (non-hydrogen) atoms. The number of hydrogen-bond acceptors (Lipinski definition) is 4. The van der Waals surface area contributed by atoms with Gasteiger partial charge in [0.2, 0.25) is 15.9 Å². The number of nitrogens with one attached hydrogen (secondary N) is 1. The average Bonchev–Trinajstić information content (AvgIpc) is 2.66. The predicted molar refractivity (Wildman–Crippen MR) is 117 cm³/mol. The SMILES string of the molecule is CC[C@@H](C(=O)N[C@H](C)c1ccccc1OC)N(c1cc(Cl)ccc1C)S(C)(=O)=O. The number of rotatable bonds is 8. The third-order valence-corrected chi connectivity index (χ3v) is 6.10. The lowest BCUT2D eigenvalue weighted by Gasteiger charge is -2.32. The fraction of sp³-hybridized carbons (Fsp3) is 0.381. The first-order valence-corrected chi connectivity index (χ1v) is 11.5. The Hall–Kier alpha value is -2.25. The maximum atomic E-state index is 13.1. The first kappa shape index (κ1) is 23.0. The van der Waals surface area contributed by atoms with E-state index in [1.807, 2.05) is 31.2 Å². The highest BCUT2D eigenvalue weighted by Gasteiger charge is 2.33. The van der Waals surface area contributed by atoms with Gasteiger partial charge in [0, 0.05) is 10.6 Å². The van der Waals surface area contributed by atoms with Gasteiger partial charge in [-0.1, -0.05) is 42.8 Å². The van der Waals surface area contributed by atoms with E-state index >= 15 is 0 Å². The molecule has 2 aromatic carbocycles. The zero-order chi connectivity index (χ0) is 21.8. The third-order valence-electron chi connectivity index (χ3n) is 4.70. The van der Waals surface area contributed by atoms with Crippen LogP contribution in [0.4, 0.5) is 5.69 Å². The number of halogens is 1. The summed E-state index contributed by atoms with van der Waals surface area (Å²) < 4.78 is 31.8. The summed E-state index contributed by atoms with van der Waals surface area (Å²) in [6, 6.07) is 11.1. The van der Waals surface area contributed by atoms with Gasteiger partial charge in [-0.25, -0.2) is 8.42 Å². The Morgan fingerprint density at radius 2 is 1.90 bits per heavy atom. The molecule has 1 N–H and O–H groups in total. The van der Waals surface area contributed by atoms with Crippen molar-refractivity contribution in [3.8, 4) is 5.75 Å². The van der Waals surface area contributed by atoms with Gasteiger partial charge in [-0.15, -0.1) is 0 Å². The zero-order valence-electron chi connectivity index (χ0n) is 17.3. The van der Waals surface area contributed by atoms with Gasteiger partial charge in [-0.2, -0.15) is 0 Å². The number of anilines is 1. The van der Waals surface area contributed by atoms with E-state index in [9.17, 15) is 13.2 Å². The van der Waals surface area contributed by atoms with Crippen LogP contribution in [0.2, 0.25) is 5.02 Å². The minimum atomic E-state index is -3.74. The lowest BCUT2D eigenvalue weighted by atomic mass is 10.1. The van der Waals surface area contributed by atoms with Crippen LogP contribution in [0.3, 0.4) is 0 Å². The Balaban J connectivity index is 2.40. The van der Waals surface area contributed by atoms with Gasteiger partial charge in [0.1, 0.15) is 11.8 Å². The molecular formula is C21H27ClN2O4S. The minimum Gasteiger partial charge on any atom is -0.496 e. The van der Waals surface area contributed by atoms with Crippen molar-refractivity contribution >= 4 is 33.2 Å². The van der Waals surface area contributed by atoms with Crippen molar-refractivity contribution in [2.45, 2.75) is 39.3 Å². The molecule has 0 fully saturated rings. The van der Waals surface area contributed by atoms with Crippen LogP contribution in [0.5, 0.6) is 5.75 Å². The first-order valence-electron chi connectivity index (χ1n) is 9.29. The molecule has 0 aliphatic rings. The van der Waals surface area contributed by atoms with Gasteiger partial charge >= 0.3 is 0 Å². The number of hydrogen-bond donors (Lipinski definition) is 1. The second kappa shape index (κ2) is 9.50. The summed E-state index contributed by atoms with van der Waals surface area (Å²) in [7, 11) is -2.17. The van der Waals surface area contributed by atoms with Crippen LogP contribution in [0.15, 0.2) is 42.5 Å². The highest BCUT2D eigenvalue weighted by molar-refractivity contribution is 7.92. The molecule has 0 aromatic heterocycles. The molecular weight excluding hydrogens is 412 g/mol. The molecule has 0 aliphatic heterocycles. The number of carbonyl (C=O) groups is 1. The predicted octanol–water partition coefficient (Wildman–Crippen LogP) is 4.08. The number of sulfonamides is 1. The molecule has 0 radical (unpaired) electrons. The normalized spacial score (nSPS) is 13.4. The summed E-state index contributed by atoms with van der Waals surface area (Å²) >= 11 is 6.10. The molecule has 0 spiro atoms. The first-order chi connectivity index (χ1) is 13.6. The quantitative estimate of drug-likeness (QED) is 0.673. The summed E-state index contributed by atoms with van der Waals surface area (Å²) in [5.41, 5.74) is 1.92. The molecule has 0 aliphatic carbocycles. The average molecular weight is 439 g/mol. The topological polar surface area (TPSA) is 75.7 Å². The van der Waals surface area contributed by atoms with Crippen molar-refractivity contribution in [1.82, 2.24) is 5.32 Å². The summed E-state index contributed by atoms with van der Waals surface area (Å²) in [5, 5.41) is 3.32. The molecule has 0 heterocycles. The van der Waals surface area contributed by atoms with E-state index in [0.29, 0.717) is 28.4 Å². The molecule has 6 nitrogen and oxygen atoms in total. The Morgan fingerprint density at radius 3 is 2.48 bits per heavy atom. The number of nitrogens with zero attached hydrogens (tertiary/aromatic N) is 1. The Labute approximate surface area is 177 Å². The molecule has 2 rings (SSSR count). The number of ether oxygens (including phenoxy) is 1. The maximum absolute atomic E-state index is 13.1. The molecule has 158 valence electrons. The number of methoxy groups -OCH3 is 1. The van der Waals surface area contributed by atoms with Gasteiger partial charge < -0.3 is 10.1 Å². The van der Waals surface area contributed by atoms with Crippen molar-refractivity contribution in [2.24, 2.45) is 0 Å². The number of aryl methyl sites for hydroxylation is 1. The number of benzene rings is 2. The van der Waals surface area contributed by atoms with Crippen molar-refractivity contribution in [1.29, 1.82) is 0 Å². The maximum Gasteiger partial charge on any atom is 0.244 e. The molecule has 0 bridgehead atoms. The molecule has 0 saturated carbocycles. The molecule has 0 unspecified atom stereocenters. The highest BCUT2D eigenvalue weighted by Crippen LogP contribution is 2.30. The van der Waals surface area contributed by atoms with E-state index in [2.05, 4.69) is 5.32 Å². The van der Waals surface area contributed by atoms with Crippen molar-refractivity contribution in [3.63, 3.8) is 0 Å². The van der Waals surface area contributed by atoms with Crippen LogP contribution in [0.1, 0.15) is 37.4 Å². The number of para-hydroxylation sites is 1. The number of amides is 1. The minimum absolute atomic E-state index is 0.295. The van der Waals surface area contributed by atoms with Gasteiger partial charge in [0.15, 0.2) is 0 Å². The molecule has 2 atom stereocenters. The fourth-order valence-corrected chi connectivity index (χ4v) is 4.69. The van der Waals surface area contributed by atoms with Gasteiger partial charge in [0.05, 0.1) is 25.1 Å². The largest absolute Gasteiger partial charge is 0.496 e. The van der Waals surface area contributed by atoms with Crippen molar-refractivity contribution in [2.75, 3.05) is 17.7 Å². The van der Waals surface area contributed by atoms with Crippen LogP contribution in [-0.2, 0) is 14.8 Å². The smallest absolute Gasteiger partial charge is 0.244 e. The van der Waals surface area contributed by atoms with Crippen molar-refractivity contribution in [3.05, 3.63) is 58.6 Å². The van der Waals surface area contributed by atoms with E-state index < -0.39 is 22.0 Å². The van der Waals surface area contributed by atoms with Gasteiger partial charge in [-0.3, -0.25) is 9.10 Å². The molecule has 2 aromatic rings. The lowest BCUT2D eigenvalue weighted by Crippen LogP contribution is -2.50. The zero-order valence-corrected chi connectivity index (χ0v) is 18.8. The standard InChI is InChI=1S/C21H27ClN2O4S/c1-6-18(21(25)23-15(3)17-9-7-8-10-20(17)28-4)24(29(5,26)27)19-13-16(22)12-11-14(19)2/h7-13,15,18H,6H2,1-5H3,(H,23,25)/t15-,18+/m1/s1. The second-order valence-corrected chi connectivity index (χ2v) is 9.18. The third kappa shape index (κ3) is 5.42.